The molecule has 4 aromatic heterocycles. The number of nitrogens with two attached hydrogens (primary N) is 1. The summed E-state index contributed by atoms with van der Waals surface area (Å²) < 4.78 is 3.37. The van der Waals surface area contributed by atoms with Gasteiger partial charge in [0.15, 0.2) is 0 Å². The molecule has 1 atom stereocenters. The molecule has 35 heavy (non-hydrogen) atoms. The summed E-state index contributed by atoms with van der Waals surface area (Å²) in [5.41, 5.74) is 10.2. The highest BCUT2D eigenvalue weighted by atomic mass is 35.5. The second-order valence-corrected chi connectivity index (χ2v) is 8.68. The van der Waals surface area contributed by atoms with E-state index in [-0.39, 0.29) is 11.3 Å². The summed E-state index contributed by atoms with van der Waals surface area (Å²) in [4.78, 5) is 26.4. The normalized spacial score (nSPS) is 12.9. The van der Waals surface area contributed by atoms with Gasteiger partial charge in [0.25, 0.3) is 5.56 Å². The summed E-state index contributed by atoms with van der Waals surface area (Å²) >= 11 is 6.15. The number of benzene rings is 1. The average Bonchev–Trinajstić information content (AvgIpc) is 3.32. The monoisotopic (exact) mass is 481 g/mol. The number of pyridine rings is 3. The molecule has 0 saturated heterocycles. The molecule has 5 rings (SSSR count). The van der Waals surface area contributed by atoms with Gasteiger partial charge in [-0.3, -0.25) is 4.79 Å². The first-order chi connectivity index (χ1) is 16.8. The van der Waals surface area contributed by atoms with Gasteiger partial charge in [0.05, 0.1) is 40.6 Å². The number of halogens is 1. The number of fused-ring (bicyclic) bond motifs is 1. The minimum atomic E-state index is -1.17. The van der Waals surface area contributed by atoms with E-state index < -0.39 is 5.54 Å². The minimum absolute atomic E-state index is 0.213. The van der Waals surface area contributed by atoms with E-state index in [1.807, 2.05) is 41.9 Å². The maximum Gasteiger partial charge on any atom is 0.251 e. The zero-order chi connectivity index (χ0) is 24.7. The molecule has 0 radical (unpaired) electrons. The third-order valence-electron chi connectivity index (χ3n) is 6.15. The molecule has 1 aromatic carbocycles. The number of imidazole rings is 1. The van der Waals surface area contributed by atoms with Crippen molar-refractivity contribution in [3.8, 4) is 17.3 Å². The number of hydrogen-bond acceptors (Lipinski definition) is 6. The Hall–Kier alpha value is -4.32. The Balaban J connectivity index is 1.84. The van der Waals surface area contributed by atoms with Crippen molar-refractivity contribution in [1.82, 2.24) is 24.1 Å². The Kier molecular flexibility index (Phi) is 5.44. The molecule has 8 nitrogen and oxygen atoms in total. The van der Waals surface area contributed by atoms with Crippen LogP contribution >= 0.6 is 11.6 Å². The molecular formula is C26H20ClN7O. The molecule has 0 aliphatic carbocycles. The van der Waals surface area contributed by atoms with E-state index in [0.29, 0.717) is 33.0 Å². The molecular weight excluding hydrogens is 462 g/mol. The van der Waals surface area contributed by atoms with Crippen LogP contribution < -0.4 is 11.3 Å². The third-order valence-corrected chi connectivity index (χ3v) is 6.40. The van der Waals surface area contributed by atoms with Gasteiger partial charge in [-0.2, -0.15) is 5.26 Å². The topological polar surface area (TPSA) is 115 Å². The highest BCUT2D eigenvalue weighted by Gasteiger charge is 2.36. The Labute approximate surface area is 205 Å². The Morgan fingerprint density at radius 1 is 1.06 bits per heavy atom. The van der Waals surface area contributed by atoms with Crippen LogP contribution in [0, 0.1) is 11.3 Å². The molecule has 4 heterocycles. The van der Waals surface area contributed by atoms with Gasteiger partial charge < -0.3 is 14.9 Å². The maximum atomic E-state index is 12.7. The second-order valence-electron chi connectivity index (χ2n) is 8.24. The van der Waals surface area contributed by atoms with Crippen LogP contribution in [-0.4, -0.2) is 24.1 Å². The van der Waals surface area contributed by atoms with Crippen LogP contribution in [0.5, 0.6) is 0 Å². The van der Waals surface area contributed by atoms with Crippen molar-refractivity contribution >= 4 is 22.6 Å². The molecule has 172 valence electrons. The number of nitrogens with zero attached hydrogens (tertiary/aromatic N) is 6. The molecule has 9 heteroatoms. The standard InChI is InChI=1S/C26H20ClN7O/c1-33-15-30-14-23(33)26(29,16-6-8-17(27)9-7-16)22-11-10-21-25(32-22)19(12-24(35)34(21)2)20-5-3-4-18(13-28)31-20/h3-12,14-15H,29H2,1-2H3. The SMILES string of the molecule is Cn1cncc1C(N)(c1ccc(Cl)cc1)c1ccc2c(n1)c(-c1cccc(C#N)n1)cc(=O)n2C. The minimum Gasteiger partial charge on any atom is -0.335 e. The lowest BCUT2D eigenvalue weighted by atomic mass is 9.84. The van der Waals surface area contributed by atoms with Crippen molar-refractivity contribution in [2.24, 2.45) is 19.8 Å². The predicted molar refractivity (Wildman–Crippen MR) is 134 cm³/mol. The first-order valence-electron chi connectivity index (χ1n) is 10.7. The number of rotatable bonds is 4. The number of hydrogen-bond donors (Lipinski definition) is 1. The molecule has 0 aliphatic heterocycles. The van der Waals surface area contributed by atoms with Crippen molar-refractivity contribution in [1.29, 1.82) is 5.26 Å². The smallest absolute Gasteiger partial charge is 0.251 e. The predicted octanol–water partition coefficient (Wildman–Crippen LogP) is 3.50. The van der Waals surface area contributed by atoms with E-state index >= 15 is 0 Å². The summed E-state index contributed by atoms with van der Waals surface area (Å²) in [6, 6.07) is 19.5. The quantitative estimate of drug-likeness (QED) is 0.420. The molecule has 2 N–H and O–H groups in total. The van der Waals surface area contributed by atoms with Crippen LogP contribution in [0.4, 0.5) is 0 Å². The Bertz CT molecular complexity index is 1680. The lowest BCUT2D eigenvalue weighted by Gasteiger charge is -2.30. The van der Waals surface area contributed by atoms with E-state index in [9.17, 15) is 10.1 Å². The van der Waals surface area contributed by atoms with E-state index in [1.54, 1.807) is 49.9 Å². The molecule has 5 aromatic rings. The zero-order valence-corrected chi connectivity index (χ0v) is 19.7. The van der Waals surface area contributed by atoms with E-state index in [1.165, 1.54) is 10.6 Å². The van der Waals surface area contributed by atoms with Gasteiger partial charge in [0, 0.05) is 30.7 Å². The Morgan fingerprint density at radius 2 is 1.83 bits per heavy atom. The van der Waals surface area contributed by atoms with Gasteiger partial charge in [0.1, 0.15) is 17.3 Å². The van der Waals surface area contributed by atoms with E-state index in [2.05, 4.69) is 9.97 Å². The lowest BCUT2D eigenvalue weighted by Crippen LogP contribution is -2.41. The van der Waals surface area contributed by atoms with Gasteiger partial charge in [-0.1, -0.05) is 29.8 Å². The summed E-state index contributed by atoms with van der Waals surface area (Å²) in [5, 5.41) is 9.91. The average molecular weight is 482 g/mol. The molecule has 0 fully saturated rings. The number of aryl methyl sites for hydroxylation is 2. The molecule has 0 saturated carbocycles. The van der Waals surface area contributed by atoms with E-state index in [0.717, 1.165) is 11.3 Å². The first kappa shape index (κ1) is 22.5. The maximum absolute atomic E-state index is 12.7. The van der Waals surface area contributed by atoms with Gasteiger partial charge in [-0.15, -0.1) is 0 Å². The summed E-state index contributed by atoms with van der Waals surface area (Å²) in [6.45, 7) is 0. The lowest BCUT2D eigenvalue weighted by molar-refractivity contribution is 0.580. The molecule has 0 spiro atoms. The van der Waals surface area contributed by atoms with Crippen LogP contribution in [0.25, 0.3) is 22.3 Å². The van der Waals surface area contributed by atoms with Crippen LogP contribution in [0.1, 0.15) is 22.6 Å². The highest BCUT2D eigenvalue weighted by molar-refractivity contribution is 6.30. The van der Waals surface area contributed by atoms with Crippen molar-refractivity contribution in [2.75, 3.05) is 0 Å². The van der Waals surface area contributed by atoms with Crippen molar-refractivity contribution in [3.05, 3.63) is 111 Å². The van der Waals surface area contributed by atoms with Crippen LogP contribution in [-0.2, 0) is 19.6 Å². The Morgan fingerprint density at radius 3 is 2.51 bits per heavy atom. The van der Waals surface area contributed by atoms with Crippen molar-refractivity contribution in [3.63, 3.8) is 0 Å². The number of nitriles is 1. The number of aromatic nitrogens is 5. The third kappa shape index (κ3) is 3.67. The van der Waals surface area contributed by atoms with Crippen LogP contribution in [0.3, 0.4) is 0 Å². The van der Waals surface area contributed by atoms with Gasteiger partial charge in [-0.25, -0.2) is 15.0 Å². The molecule has 0 amide bonds. The largest absolute Gasteiger partial charge is 0.335 e. The van der Waals surface area contributed by atoms with Crippen LogP contribution in [0.15, 0.2) is 78.0 Å². The fourth-order valence-corrected chi connectivity index (χ4v) is 4.39. The second kappa shape index (κ2) is 8.47. The van der Waals surface area contributed by atoms with Gasteiger partial charge in [0.2, 0.25) is 0 Å². The van der Waals surface area contributed by atoms with E-state index in [4.69, 9.17) is 22.3 Å². The summed E-state index contributed by atoms with van der Waals surface area (Å²) in [5.74, 6) is 0. The van der Waals surface area contributed by atoms with Crippen molar-refractivity contribution < 1.29 is 0 Å². The van der Waals surface area contributed by atoms with Crippen LogP contribution in [0.2, 0.25) is 5.02 Å². The molecule has 0 bridgehead atoms. The van der Waals surface area contributed by atoms with Crippen molar-refractivity contribution in [2.45, 2.75) is 5.54 Å². The fraction of sp³-hybridized carbons (Fsp3) is 0.115. The summed E-state index contributed by atoms with van der Waals surface area (Å²) in [7, 11) is 3.55. The first-order valence-corrected chi connectivity index (χ1v) is 11.1. The highest BCUT2D eigenvalue weighted by Crippen LogP contribution is 2.35. The molecule has 1 unspecified atom stereocenters. The summed E-state index contributed by atoms with van der Waals surface area (Å²) in [6.07, 6.45) is 3.39. The van der Waals surface area contributed by atoms with Gasteiger partial charge in [-0.05, 0) is 42.0 Å². The van der Waals surface area contributed by atoms with Gasteiger partial charge >= 0.3 is 0 Å². The zero-order valence-electron chi connectivity index (χ0n) is 19.0. The molecule has 0 aliphatic rings. The fourth-order valence-electron chi connectivity index (χ4n) is 4.27.